The molecule has 0 aliphatic rings. The van der Waals surface area contributed by atoms with Crippen LogP contribution < -0.4 is 5.73 Å². The first kappa shape index (κ1) is 13.5. The predicted molar refractivity (Wildman–Crippen MR) is 79.6 cm³/mol. The van der Waals surface area contributed by atoms with Gasteiger partial charge in [0, 0.05) is 5.69 Å². The van der Waals surface area contributed by atoms with E-state index < -0.39 is 11.8 Å². The van der Waals surface area contributed by atoms with Crippen LogP contribution in [0.25, 0.3) is 10.2 Å². The molecule has 2 N–H and O–H groups in total. The molecule has 0 aliphatic carbocycles. The summed E-state index contributed by atoms with van der Waals surface area (Å²) in [6.07, 6.45) is 0. The number of anilines is 1. The number of fused-ring (bicyclic) bond motifs is 1. The minimum absolute atomic E-state index is 0.0159. The van der Waals surface area contributed by atoms with E-state index in [-0.39, 0.29) is 17.9 Å². The summed E-state index contributed by atoms with van der Waals surface area (Å²) in [5, 5.41) is 0.667. The van der Waals surface area contributed by atoms with Gasteiger partial charge in [-0.1, -0.05) is 12.1 Å². The van der Waals surface area contributed by atoms with Gasteiger partial charge >= 0.3 is 5.97 Å². The lowest BCUT2D eigenvalue weighted by Gasteiger charge is -2.04. The Balaban J connectivity index is 1.73. The molecule has 106 valence electrons. The van der Waals surface area contributed by atoms with E-state index in [0.29, 0.717) is 5.01 Å². The largest absolute Gasteiger partial charge is 0.455 e. The Morgan fingerprint density at radius 3 is 2.86 bits per heavy atom. The molecule has 21 heavy (non-hydrogen) atoms. The van der Waals surface area contributed by atoms with Crippen LogP contribution in [0, 0.1) is 5.82 Å². The summed E-state index contributed by atoms with van der Waals surface area (Å²) in [4.78, 5) is 16.2. The fraction of sp³-hybridized carbons (Fsp3) is 0.0667. The molecule has 0 fully saturated rings. The van der Waals surface area contributed by atoms with Gasteiger partial charge in [-0.15, -0.1) is 11.3 Å². The van der Waals surface area contributed by atoms with Crippen molar-refractivity contribution in [3.63, 3.8) is 0 Å². The number of nitrogens with two attached hydrogens (primary N) is 1. The first-order valence-corrected chi connectivity index (χ1v) is 7.02. The van der Waals surface area contributed by atoms with Crippen molar-refractivity contribution in [1.82, 2.24) is 4.98 Å². The van der Waals surface area contributed by atoms with Gasteiger partial charge in [0.05, 0.1) is 15.8 Å². The molecule has 1 heterocycles. The number of carbonyl (C=O) groups is 1. The van der Waals surface area contributed by atoms with Crippen LogP contribution in [0.15, 0.2) is 42.5 Å². The molecule has 0 spiro atoms. The van der Waals surface area contributed by atoms with Gasteiger partial charge in [0.2, 0.25) is 0 Å². The van der Waals surface area contributed by atoms with Crippen LogP contribution >= 0.6 is 11.3 Å². The number of nitrogen functional groups attached to an aromatic ring is 1. The van der Waals surface area contributed by atoms with Crippen LogP contribution in [-0.4, -0.2) is 11.0 Å². The standard InChI is InChI=1S/C15H11FN2O2S/c16-11-7-9(17)5-6-10(11)15(19)20-8-14-18-12-3-1-2-4-13(12)21-14/h1-7H,8,17H2. The van der Waals surface area contributed by atoms with E-state index >= 15 is 0 Å². The molecule has 6 heteroatoms. The lowest BCUT2D eigenvalue weighted by Crippen LogP contribution is -2.07. The zero-order valence-electron chi connectivity index (χ0n) is 10.9. The topological polar surface area (TPSA) is 65.2 Å². The van der Waals surface area contributed by atoms with Crippen molar-refractivity contribution in [1.29, 1.82) is 0 Å². The predicted octanol–water partition coefficient (Wildman–Crippen LogP) is 3.37. The molecule has 3 rings (SSSR count). The second-order valence-electron chi connectivity index (χ2n) is 4.39. The molecule has 0 atom stereocenters. The average Bonchev–Trinajstić information content (AvgIpc) is 2.87. The van der Waals surface area contributed by atoms with E-state index in [4.69, 9.17) is 10.5 Å². The van der Waals surface area contributed by atoms with E-state index in [1.165, 1.54) is 23.5 Å². The Hall–Kier alpha value is -2.47. The van der Waals surface area contributed by atoms with Gasteiger partial charge < -0.3 is 10.5 Å². The fourth-order valence-electron chi connectivity index (χ4n) is 1.88. The smallest absolute Gasteiger partial charge is 0.341 e. The number of rotatable bonds is 3. The third kappa shape index (κ3) is 2.85. The molecular formula is C15H11FN2O2S. The molecule has 4 nitrogen and oxygen atoms in total. The SMILES string of the molecule is Nc1ccc(C(=O)OCc2nc3ccccc3s2)c(F)c1. The number of thiazole rings is 1. The highest BCUT2D eigenvalue weighted by Gasteiger charge is 2.14. The summed E-state index contributed by atoms with van der Waals surface area (Å²) >= 11 is 1.44. The van der Waals surface area contributed by atoms with Crippen molar-refractivity contribution in [2.24, 2.45) is 0 Å². The molecule has 0 amide bonds. The maximum Gasteiger partial charge on any atom is 0.341 e. The summed E-state index contributed by atoms with van der Waals surface area (Å²) < 4.78 is 19.7. The van der Waals surface area contributed by atoms with Gasteiger partial charge in [-0.2, -0.15) is 0 Å². The number of carbonyl (C=O) groups excluding carboxylic acids is 1. The first-order chi connectivity index (χ1) is 10.1. The quantitative estimate of drug-likeness (QED) is 0.595. The summed E-state index contributed by atoms with van der Waals surface area (Å²) in [5.74, 6) is -1.42. The third-order valence-electron chi connectivity index (χ3n) is 2.88. The fourth-order valence-corrected chi connectivity index (χ4v) is 2.76. The highest BCUT2D eigenvalue weighted by atomic mass is 32.1. The highest BCUT2D eigenvalue weighted by molar-refractivity contribution is 7.18. The summed E-state index contributed by atoms with van der Waals surface area (Å²) in [6, 6.07) is 11.5. The van der Waals surface area contributed by atoms with E-state index in [2.05, 4.69) is 4.98 Å². The zero-order valence-corrected chi connectivity index (χ0v) is 11.7. The molecule has 3 aromatic rings. The maximum atomic E-state index is 13.6. The highest BCUT2D eigenvalue weighted by Crippen LogP contribution is 2.22. The lowest BCUT2D eigenvalue weighted by atomic mass is 10.2. The molecular weight excluding hydrogens is 291 g/mol. The molecule has 0 bridgehead atoms. The van der Waals surface area contributed by atoms with Crippen LogP contribution in [0.2, 0.25) is 0 Å². The Morgan fingerprint density at radius 1 is 1.29 bits per heavy atom. The van der Waals surface area contributed by atoms with Gasteiger partial charge in [-0.3, -0.25) is 0 Å². The molecule has 1 aromatic heterocycles. The number of aromatic nitrogens is 1. The van der Waals surface area contributed by atoms with Crippen molar-refractivity contribution in [2.45, 2.75) is 6.61 Å². The summed E-state index contributed by atoms with van der Waals surface area (Å²) in [5.41, 5.74) is 6.41. The molecule has 0 unspecified atom stereocenters. The Kier molecular flexibility index (Phi) is 3.53. The van der Waals surface area contributed by atoms with Gasteiger partial charge in [-0.25, -0.2) is 14.2 Å². The van der Waals surface area contributed by atoms with Crippen molar-refractivity contribution >= 4 is 33.2 Å². The van der Waals surface area contributed by atoms with Gasteiger partial charge in [-0.05, 0) is 30.3 Å². The number of ether oxygens (including phenoxy) is 1. The molecule has 0 saturated carbocycles. The number of hydrogen-bond donors (Lipinski definition) is 1. The van der Waals surface area contributed by atoms with Gasteiger partial charge in [0.1, 0.15) is 17.4 Å². The number of hydrogen-bond acceptors (Lipinski definition) is 5. The van der Waals surface area contributed by atoms with Crippen molar-refractivity contribution in [3.8, 4) is 0 Å². The van der Waals surface area contributed by atoms with Crippen LogP contribution in [0.3, 0.4) is 0 Å². The number of para-hydroxylation sites is 1. The Bertz CT molecular complexity index is 783. The minimum Gasteiger partial charge on any atom is -0.455 e. The second-order valence-corrected chi connectivity index (χ2v) is 5.51. The number of nitrogens with zero attached hydrogens (tertiary/aromatic N) is 1. The monoisotopic (exact) mass is 302 g/mol. The number of halogens is 1. The van der Waals surface area contributed by atoms with E-state index in [0.717, 1.165) is 16.3 Å². The van der Waals surface area contributed by atoms with E-state index in [9.17, 15) is 9.18 Å². The summed E-state index contributed by atoms with van der Waals surface area (Å²) in [6.45, 7) is 0.0159. The van der Waals surface area contributed by atoms with Gasteiger partial charge in [0.25, 0.3) is 0 Å². The molecule has 0 aliphatic heterocycles. The Labute approximate surface area is 124 Å². The average molecular weight is 302 g/mol. The van der Waals surface area contributed by atoms with Crippen molar-refractivity contribution in [3.05, 3.63) is 58.9 Å². The van der Waals surface area contributed by atoms with Crippen LogP contribution in [-0.2, 0) is 11.3 Å². The summed E-state index contributed by atoms with van der Waals surface area (Å²) in [7, 11) is 0. The zero-order chi connectivity index (χ0) is 14.8. The van der Waals surface area contributed by atoms with E-state index in [1.54, 1.807) is 0 Å². The number of benzene rings is 2. The van der Waals surface area contributed by atoms with E-state index in [1.807, 2.05) is 24.3 Å². The van der Waals surface area contributed by atoms with Crippen LogP contribution in [0.5, 0.6) is 0 Å². The second kappa shape index (κ2) is 5.49. The first-order valence-electron chi connectivity index (χ1n) is 6.20. The Morgan fingerprint density at radius 2 is 2.10 bits per heavy atom. The minimum atomic E-state index is -0.730. The van der Waals surface area contributed by atoms with Crippen molar-refractivity contribution < 1.29 is 13.9 Å². The van der Waals surface area contributed by atoms with Crippen LogP contribution in [0.1, 0.15) is 15.4 Å². The normalized spacial score (nSPS) is 10.7. The lowest BCUT2D eigenvalue weighted by molar-refractivity contribution is 0.0467. The van der Waals surface area contributed by atoms with Gasteiger partial charge in [0.15, 0.2) is 0 Å². The molecule has 0 saturated heterocycles. The number of esters is 1. The molecule has 2 aromatic carbocycles. The molecule has 0 radical (unpaired) electrons. The van der Waals surface area contributed by atoms with Crippen molar-refractivity contribution in [2.75, 3.05) is 5.73 Å². The maximum absolute atomic E-state index is 13.6. The van der Waals surface area contributed by atoms with Crippen LogP contribution in [0.4, 0.5) is 10.1 Å². The third-order valence-corrected chi connectivity index (χ3v) is 3.89.